The van der Waals surface area contributed by atoms with Gasteiger partial charge in [-0.05, 0) is 58.5 Å². The number of hydrogen-bond donors (Lipinski definition) is 2. The van der Waals surface area contributed by atoms with E-state index in [2.05, 4.69) is 21.2 Å². The zero-order chi connectivity index (χ0) is 19.1. The van der Waals surface area contributed by atoms with E-state index in [9.17, 15) is 14.7 Å². The van der Waals surface area contributed by atoms with E-state index in [0.29, 0.717) is 24.5 Å². The lowest BCUT2D eigenvalue weighted by atomic mass is 9.79. The molecule has 0 radical (unpaired) electrons. The number of methoxy groups -OCH3 is 2. The fourth-order valence-corrected chi connectivity index (χ4v) is 3.90. The molecule has 1 aliphatic carbocycles. The lowest BCUT2D eigenvalue weighted by Crippen LogP contribution is -2.36. The molecule has 1 amide bonds. The molecule has 0 aromatic heterocycles. The highest BCUT2D eigenvalue weighted by molar-refractivity contribution is 9.10. The molecule has 0 saturated heterocycles. The zero-order valence-corrected chi connectivity index (χ0v) is 16.5. The first-order chi connectivity index (χ1) is 12.5. The van der Waals surface area contributed by atoms with Gasteiger partial charge in [0, 0.05) is 12.6 Å². The van der Waals surface area contributed by atoms with E-state index in [-0.39, 0.29) is 17.7 Å². The van der Waals surface area contributed by atoms with Gasteiger partial charge in [-0.25, -0.2) is 0 Å². The number of carbonyl (C=O) groups excluding carboxylic acids is 1. The van der Waals surface area contributed by atoms with Gasteiger partial charge in [-0.2, -0.15) is 0 Å². The van der Waals surface area contributed by atoms with Gasteiger partial charge in [0.1, 0.15) is 0 Å². The number of aliphatic carboxylic acids is 1. The average molecular weight is 426 g/mol. The molecular formula is C19H24BrNO5. The fourth-order valence-electron chi connectivity index (χ4n) is 3.27. The molecule has 0 bridgehead atoms. The lowest BCUT2D eigenvalue weighted by Gasteiger charge is -2.28. The molecule has 0 spiro atoms. The largest absolute Gasteiger partial charge is 0.493 e. The van der Waals surface area contributed by atoms with Crippen molar-refractivity contribution in [3.8, 4) is 11.5 Å². The number of carbonyl (C=O) groups is 2. The van der Waals surface area contributed by atoms with Crippen LogP contribution in [0.1, 0.15) is 31.2 Å². The van der Waals surface area contributed by atoms with Crippen LogP contribution in [0.5, 0.6) is 11.5 Å². The minimum atomic E-state index is -0.769. The molecule has 2 rings (SSSR count). The van der Waals surface area contributed by atoms with Gasteiger partial charge in [-0.1, -0.05) is 12.8 Å². The summed E-state index contributed by atoms with van der Waals surface area (Å²) in [5.74, 6) is -0.233. The van der Waals surface area contributed by atoms with Gasteiger partial charge >= 0.3 is 5.97 Å². The van der Waals surface area contributed by atoms with Crippen molar-refractivity contribution in [1.82, 2.24) is 5.32 Å². The lowest BCUT2D eigenvalue weighted by molar-refractivity contribution is -0.145. The maximum Gasteiger partial charge on any atom is 0.306 e. The first-order valence-corrected chi connectivity index (χ1v) is 9.35. The summed E-state index contributed by atoms with van der Waals surface area (Å²) in [7, 11) is 3.11. The van der Waals surface area contributed by atoms with Gasteiger partial charge in [-0.3, -0.25) is 9.59 Å². The maximum absolute atomic E-state index is 12.1. The Bertz CT molecular complexity index is 689. The molecule has 1 aliphatic rings. The summed E-state index contributed by atoms with van der Waals surface area (Å²) in [4.78, 5) is 23.4. The number of benzene rings is 1. The van der Waals surface area contributed by atoms with Gasteiger partial charge in [0.2, 0.25) is 5.91 Å². The van der Waals surface area contributed by atoms with E-state index in [0.717, 1.165) is 29.3 Å². The second-order valence-corrected chi connectivity index (χ2v) is 7.16. The van der Waals surface area contributed by atoms with Gasteiger partial charge in [0.05, 0.1) is 24.6 Å². The smallest absolute Gasteiger partial charge is 0.306 e. The predicted molar refractivity (Wildman–Crippen MR) is 102 cm³/mol. The van der Waals surface area contributed by atoms with Crippen LogP contribution < -0.4 is 14.8 Å². The molecular weight excluding hydrogens is 402 g/mol. The summed E-state index contributed by atoms with van der Waals surface area (Å²) in [6.45, 7) is 0.385. The summed E-state index contributed by atoms with van der Waals surface area (Å²) in [6, 6.07) is 3.60. The molecule has 142 valence electrons. The first-order valence-electron chi connectivity index (χ1n) is 8.56. The molecule has 2 N–H and O–H groups in total. The van der Waals surface area contributed by atoms with E-state index in [4.69, 9.17) is 9.47 Å². The average Bonchev–Trinajstić information content (AvgIpc) is 2.64. The van der Waals surface area contributed by atoms with Crippen LogP contribution in [0.15, 0.2) is 22.7 Å². The van der Waals surface area contributed by atoms with Crippen LogP contribution in [-0.2, 0) is 9.59 Å². The molecule has 1 aromatic rings. The quantitative estimate of drug-likeness (QED) is 0.653. The third kappa shape index (κ3) is 5.24. The van der Waals surface area contributed by atoms with E-state index < -0.39 is 5.97 Å². The Labute approximate surface area is 161 Å². The highest BCUT2D eigenvalue weighted by Crippen LogP contribution is 2.36. The molecule has 1 saturated carbocycles. The monoisotopic (exact) mass is 425 g/mol. The molecule has 7 heteroatoms. The Kier molecular flexibility index (Phi) is 7.50. The molecule has 1 fully saturated rings. The van der Waals surface area contributed by atoms with Crippen LogP contribution in [0.2, 0.25) is 0 Å². The Morgan fingerprint density at radius 1 is 1.27 bits per heavy atom. The van der Waals surface area contributed by atoms with Crippen molar-refractivity contribution in [1.29, 1.82) is 0 Å². The van der Waals surface area contributed by atoms with Crippen LogP contribution in [0.25, 0.3) is 6.08 Å². The number of ether oxygens (including phenoxy) is 2. The van der Waals surface area contributed by atoms with E-state index in [1.807, 2.05) is 6.07 Å². The third-order valence-corrected chi connectivity index (χ3v) is 5.24. The number of nitrogens with one attached hydrogen (secondary N) is 1. The first kappa shape index (κ1) is 20.3. The van der Waals surface area contributed by atoms with Gasteiger partial charge in [0.15, 0.2) is 11.5 Å². The van der Waals surface area contributed by atoms with Crippen LogP contribution >= 0.6 is 15.9 Å². The van der Waals surface area contributed by atoms with Crippen LogP contribution in [0.3, 0.4) is 0 Å². The molecule has 1 aromatic carbocycles. The number of carboxylic acids is 1. The van der Waals surface area contributed by atoms with Gasteiger partial charge in [0.25, 0.3) is 0 Å². The van der Waals surface area contributed by atoms with Crippen molar-refractivity contribution < 1.29 is 24.2 Å². The summed E-state index contributed by atoms with van der Waals surface area (Å²) in [6.07, 6.45) is 6.59. The SMILES string of the molecule is COc1cc(/C=C/C(=O)NC[C@@H]2CCCC[C@@H]2C(=O)O)cc(Br)c1OC. The molecule has 2 atom stereocenters. The van der Waals surface area contributed by atoms with Crippen molar-refractivity contribution in [2.75, 3.05) is 20.8 Å². The van der Waals surface area contributed by atoms with Crippen LogP contribution in [0.4, 0.5) is 0 Å². The van der Waals surface area contributed by atoms with Crippen molar-refractivity contribution in [2.45, 2.75) is 25.7 Å². The summed E-state index contributed by atoms with van der Waals surface area (Å²) < 4.78 is 11.3. The fraction of sp³-hybridized carbons (Fsp3) is 0.474. The molecule has 0 heterocycles. The van der Waals surface area contributed by atoms with E-state index >= 15 is 0 Å². The number of amides is 1. The van der Waals surface area contributed by atoms with Crippen molar-refractivity contribution in [3.63, 3.8) is 0 Å². The Hall–Kier alpha value is -2.02. The van der Waals surface area contributed by atoms with E-state index in [1.165, 1.54) is 6.08 Å². The molecule has 0 aliphatic heterocycles. The van der Waals surface area contributed by atoms with Crippen molar-refractivity contribution in [3.05, 3.63) is 28.2 Å². The van der Waals surface area contributed by atoms with E-state index in [1.54, 1.807) is 26.4 Å². The second-order valence-electron chi connectivity index (χ2n) is 6.31. The standard InChI is InChI=1S/C19H24BrNO5/c1-25-16-10-12(9-15(20)18(16)26-2)7-8-17(22)21-11-13-5-3-4-6-14(13)19(23)24/h7-10,13-14H,3-6,11H2,1-2H3,(H,21,22)(H,23,24)/b8-7+/t13-,14-/m0/s1. The topological polar surface area (TPSA) is 84.9 Å². The van der Waals surface area contributed by atoms with Crippen molar-refractivity contribution >= 4 is 33.9 Å². The van der Waals surface area contributed by atoms with Gasteiger partial charge < -0.3 is 19.9 Å². The van der Waals surface area contributed by atoms with Crippen molar-refractivity contribution in [2.24, 2.45) is 11.8 Å². The van der Waals surface area contributed by atoms with Crippen LogP contribution in [-0.4, -0.2) is 37.7 Å². The number of halogens is 1. The summed E-state index contributed by atoms with van der Waals surface area (Å²) >= 11 is 3.41. The normalized spacial score (nSPS) is 20.0. The zero-order valence-electron chi connectivity index (χ0n) is 15.0. The predicted octanol–water partition coefficient (Wildman–Crippen LogP) is 3.49. The second kappa shape index (κ2) is 9.62. The number of rotatable bonds is 7. The molecule has 0 unspecified atom stereocenters. The maximum atomic E-state index is 12.1. The summed E-state index contributed by atoms with van der Waals surface area (Å²) in [5, 5.41) is 12.1. The van der Waals surface area contributed by atoms with Crippen LogP contribution in [0, 0.1) is 11.8 Å². The minimum absolute atomic E-state index is 0.00572. The number of hydrogen-bond acceptors (Lipinski definition) is 4. The molecule has 6 nitrogen and oxygen atoms in total. The summed E-state index contributed by atoms with van der Waals surface area (Å²) in [5.41, 5.74) is 0.783. The Morgan fingerprint density at radius 2 is 2.00 bits per heavy atom. The highest BCUT2D eigenvalue weighted by atomic mass is 79.9. The Balaban J connectivity index is 1.97. The Morgan fingerprint density at radius 3 is 2.65 bits per heavy atom. The molecule has 26 heavy (non-hydrogen) atoms. The minimum Gasteiger partial charge on any atom is -0.493 e. The number of carboxylic acid groups (broad SMARTS) is 1. The third-order valence-electron chi connectivity index (χ3n) is 4.65. The van der Waals surface area contributed by atoms with Gasteiger partial charge in [-0.15, -0.1) is 0 Å². The highest BCUT2D eigenvalue weighted by Gasteiger charge is 2.30.